The van der Waals surface area contributed by atoms with Gasteiger partial charge in [0.25, 0.3) is 0 Å². The minimum absolute atomic E-state index is 0.153. The SMILES string of the molecule is COC(=O)CCCN(C)C1CC(=O)N(C)C1=O. The van der Waals surface area contributed by atoms with E-state index in [9.17, 15) is 14.4 Å². The van der Waals surface area contributed by atoms with Crippen molar-refractivity contribution in [2.24, 2.45) is 0 Å². The van der Waals surface area contributed by atoms with Crippen LogP contribution in [0.1, 0.15) is 19.3 Å². The zero-order chi connectivity index (χ0) is 13.0. The van der Waals surface area contributed by atoms with Crippen molar-refractivity contribution >= 4 is 17.8 Å². The molecule has 0 radical (unpaired) electrons. The standard InChI is InChI=1S/C11H18N2O4/c1-12(6-4-5-10(15)17-3)8-7-9(14)13(2)11(8)16/h8H,4-7H2,1-3H3. The van der Waals surface area contributed by atoms with Gasteiger partial charge < -0.3 is 4.74 Å². The first kappa shape index (κ1) is 13.6. The van der Waals surface area contributed by atoms with Gasteiger partial charge in [0, 0.05) is 13.5 Å². The highest BCUT2D eigenvalue weighted by Crippen LogP contribution is 2.16. The number of likely N-dealkylation sites (tertiary alicyclic amines) is 1. The quantitative estimate of drug-likeness (QED) is 0.486. The van der Waals surface area contributed by atoms with E-state index >= 15 is 0 Å². The van der Waals surface area contributed by atoms with Crippen molar-refractivity contribution in [2.45, 2.75) is 25.3 Å². The summed E-state index contributed by atoms with van der Waals surface area (Å²) in [5, 5.41) is 0. The summed E-state index contributed by atoms with van der Waals surface area (Å²) in [4.78, 5) is 36.9. The Morgan fingerprint density at radius 1 is 1.53 bits per heavy atom. The van der Waals surface area contributed by atoms with E-state index in [1.54, 1.807) is 7.05 Å². The van der Waals surface area contributed by atoms with E-state index in [2.05, 4.69) is 4.74 Å². The van der Waals surface area contributed by atoms with Crippen LogP contribution in [0, 0.1) is 0 Å². The summed E-state index contributed by atoms with van der Waals surface area (Å²) < 4.78 is 4.53. The summed E-state index contributed by atoms with van der Waals surface area (Å²) in [5.74, 6) is -0.584. The molecule has 1 saturated heterocycles. The first-order valence-corrected chi connectivity index (χ1v) is 5.54. The van der Waals surface area contributed by atoms with Gasteiger partial charge in [-0.1, -0.05) is 0 Å². The summed E-state index contributed by atoms with van der Waals surface area (Å²) >= 11 is 0. The highest BCUT2D eigenvalue weighted by Gasteiger charge is 2.38. The topological polar surface area (TPSA) is 66.9 Å². The molecule has 0 spiro atoms. The normalized spacial score (nSPS) is 20.2. The number of nitrogens with zero attached hydrogens (tertiary/aromatic N) is 2. The molecule has 6 heteroatoms. The predicted octanol–water partition coefficient (Wildman–Crippen LogP) is -0.371. The smallest absolute Gasteiger partial charge is 0.305 e. The highest BCUT2D eigenvalue weighted by atomic mass is 16.5. The number of carbonyl (C=O) groups is 3. The molecule has 1 heterocycles. The van der Waals surface area contributed by atoms with Crippen LogP contribution in [0.15, 0.2) is 0 Å². The van der Waals surface area contributed by atoms with E-state index < -0.39 is 0 Å². The maximum Gasteiger partial charge on any atom is 0.305 e. The van der Waals surface area contributed by atoms with Gasteiger partial charge >= 0.3 is 5.97 Å². The fourth-order valence-electron chi connectivity index (χ4n) is 1.81. The summed E-state index contributed by atoms with van der Waals surface area (Å²) in [6.07, 6.45) is 1.17. The van der Waals surface area contributed by atoms with Gasteiger partial charge in [-0.25, -0.2) is 0 Å². The molecule has 0 N–H and O–H groups in total. The van der Waals surface area contributed by atoms with E-state index in [1.165, 1.54) is 14.2 Å². The zero-order valence-corrected chi connectivity index (χ0v) is 10.4. The van der Waals surface area contributed by atoms with Crippen LogP contribution in [-0.4, -0.2) is 61.4 Å². The van der Waals surface area contributed by atoms with Crippen molar-refractivity contribution in [1.29, 1.82) is 0 Å². The van der Waals surface area contributed by atoms with E-state index in [4.69, 9.17) is 0 Å². The highest BCUT2D eigenvalue weighted by molar-refractivity contribution is 6.05. The third-order valence-electron chi connectivity index (χ3n) is 3.01. The fourth-order valence-corrected chi connectivity index (χ4v) is 1.81. The van der Waals surface area contributed by atoms with Gasteiger partial charge in [0.05, 0.1) is 19.6 Å². The molecule has 96 valence electrons. The molecule has 6 nitrogen and oxygen atoms in total. The van der Waals surface area contributed by atoms with Crippen LogP contribution in [0.5, 0.6) is 0 Å². The first-order chi connectivity index (χ1) is 7.97. The molecule has 0 aliphatic carbocycles. The minimum atomic E-state index is -0.384. The molecule has 2 amide bonds. The Hall–Kier alpha value is -1.43. The number of amides is 2. The lowest BCUT2D eigenvalue weighted by molar-refractivity contribution is -0.140. The van der Waals surface area contributed by atoms with Gasteiger partial charge in [-0.3, -0.25) is 24.2 Å². The molecular formula is C11H18N2O4. The second-order valence-electron chi connectivity index (χ2n) is 4.17. The van der Waals surface area contributed by atoms with Crippen LogP contribution in [0.3, 0.4) is 0 Å². The summed E-state index contributed by atoms with van der Waals surface area (Å²) in [6.45, 7) is 0.590. The van der Waals surface area contributed by atoms with E-state index in [0.717, 1.165) is 4.90 Å². The molecule has 17 heavy (non-hydrogen) atoms. The average Bonchev–Trinajstić information content (AvgIpc) is 2.56. The third-order valence-corrected chi connectivity index (χ3v) is 3.01. The lowest BCUT2D eigenvalue weighted by Crippen LogP contribution is -2.39. The van der Waals surface area contributed by atoms with E-state index in [-0.39, 0.29) is 30.2 Å². The molecule has 1 unspecified atom stereocenters. The number of ether oxygens (including phenoxy) is 1. The number of hydrogen-bond donors (Lipinski definition) is 0. The third kappa shape index (κ3) is 3.26. The Morgan fingerprint density at radius 2 is 2.18 bits per heavy atom. The van der Waals surface area contributed by atoms with E-state index in [0.29, 0.717) is 19.4 Å². The van der Waals surface area contributed by atoms with Gasteiger partial charge in [0.2, 0.25) is 11.8 Å². The van der Waals surface area contributed by atoms with Gasteiger partial charge in [0.15, 0.2) is 0 Å². The monoisotopic (exact) mass is 242 g/mol. The molecule has 0 aromatic heterocycles. The lowest BCUT2D eigenvalue weighted by atomic mass is 10.2. The number of methoxy groups -OCH3 is 1. The van der Waals surface area contributed by atoms with Crippen molar-refractivity contribution < 1.29 is 19.1 Å². The number of esters is 1. The molecule has 1 aliphatic heterocycles. The number of rotatable bonds is 5. The van der Waals surface area contributed by atoms with Crippen molar-refractivity contribution in [1.82, 2.24) is 9.80 Å². The second kappa shape index (κ2) is 5.77. The molecule has 1 fully saturated rings. The van der Waals surface area contributed by atoms with Crippen LogP contribution in [0.4, 0.5) is 0 Å². The Balaban J connectivity index is 2.38. The van der Waals surface area contributed by atoms with Crippen LogP contribution < -0.4 is 0 Å². The summed E-state index contributed by atoms with van der Waals surface area (Å²) in [5.41, 5.74) is 0. The van der Waals surface area contributed by atoms with Gasteiger partial charge in [-0.2, -0.15) is 0 Å². The summed E-state index contributed by atoms with van der Waals surface area (Å²) in [7, 11) is 4.62. The second-order valence-corrected chi connectivity index (χ2v) is 4.17. The van der Waals surface area contributed by atoms with Gasteiger partial charge in [-0.05, 0) is 20.0 Å². The average molecular weight is 242 g/mol. The Kier molecular flexibility index (Phi) is 4.62. The first-order valence-electron chi connectivity index (χ1n) is 5.54. The predicted molar refractivity (Wildman–Crippen MR) is 60.1 cm³/mol. The van der Waals surface area contributed by atoms with Gasteiger partial charge in [0.1, 0.15) is 0 Å². The molecule has 0 bridgehead atoms. The number of imide groups is 1. The Bertz CT molecular complexity index is 329. The van der Waals surface area contributed by atoms with Crippen LogP contribution in [0.2, 0.25) is 0 Å². The van der Waals surface area contributed by atoms with Crippen molar-refractivity contribution in [3.8, 4) is 0 Å². The van der Waals surface area contributed by atoms with E-state index in [1.807, 2.05) is 4.90 Å². The maximum absolute atomic E-state index is 11.7. The molecule has 1 aliphatic rings. The number of carbonyl (C=O) groups excluding carboxylic acids is 3. The van der Waals surface area contributed by atoms with Gasteiger partial charge in [-0.15, -0.1) is 0 Å². The number of likely N-dealkylation sites (N-methyl/N-ethyl adjacent to an activating group) is 2. The van der Waals surface area contributed by atoms with Crippen molar-refractivity contribution in [2.75, 3.05) is 27.7 Å². The molecule has 0 aromatic carbocycles. The molecule has 0 saturated carbocycles. The lowest BCUT2D eigenvalue weighted by Gasteiger charge is -2.21. The molecule has 0 aromatic rings. The fraction of sp³-hybridized carbons (Fsp3) is 0.727. The largest absolute Gasteiger partial charge is 0.469 e. The molecular weight excluding hydrogens is 224 g/mol. The van der Waals surface area contributed by atoms with Crippen LogP contribution >= 0.6 is 0 Å². The summed E-state index contributed by atoms with van der Waals surface area (Å²) in [6, 6.07) is -0.384. The Labute approximate surface area is 101 Å². The number of hydrogen-bond acceptors (Lipinski definition) is 5. The zero-order valence-electron chi connectivity index (χ0n) is 10.4. The molecule has 1 rings (SSSR count). The minimum Gasteiger partial charge on any atom is -0.469 e. The van der Waals surface area contributed by atoms with Crippen LogP contribution in [0.25, 0.3) is 0 Å². The van der Waals surface area contributed by atoms with Crippen molar-refractivity contribution in [3.63, 3.8) is 0 Å². The molecule has 1 atom stereocenters. The maximum atomic E-state index is 11.7. The van der Waals surface area contributed by atoms with Crippen LogP contribution in [-0.2, 0) is 19.1 Å². The van der Waals surface area contributed by atoms with Crippen molar-refractivity contribution in [3.05, 3.63) is 0 Å². The Morgan fingerprint density at radius 3 is 2.65 bits per heavy atom.